The van der Waals surface area contributed by atoms with E-state index < -0.39 is 0 Å². The van der Waals surface area contributed by atoms with Gasteiger partial charge >= 0.3 is 5.69 Å². The molecule has 124 valence electrons. The first-order valence-corrected chi connectivity index (χ1v) is 8.67. The van der Waals surface area contributed by atoms with Crippen LogP contribution < -0.4 is 11.2 Å². The molecule has 0 unspecified atom stereocenters. The number of aromatic amines is 1. The zero-order valence-corrected chi connectivity index (χ0v) is 13.8. The summed E-state index contributed by atoms with van der Waals surface area (Å²) in [5.74, 6) is 0. The Balaban J connectivity index is 1.92. The molecule has 0 spiro atoms. The predicted octanol–water partition coefficient (Wildman–Crippen LogP) is 2.59. The summed E-state index contributed by atoms with van der Waals surface area (Å²) < 4.78 is 2.89. The minimum absolute atomic E-state index is 0.257. The van der Waals surface area contributed by atoms with Gasteiger partial charge < -0.3 is 4.98 Å². The van der Waals surface area contributed by atoms with Crippen LogP contribution in [0.15, 0.2) is 40.1 Å². The van der Waals surface area contributed by atoms with Gasteiger partial charge in [0.15, 0.2) is 0 Å². The molecule has 4 rings (SSSR count). The maximum absolute atomic E-state index is 12.9. The fourth-order valence-corrected chi connectivity index (χ4v) is 3.66. The Morgan fingerprint density at radius 1 is 1.04 bits per heavy atom. The summed E-state index contributed by atoms with van der Waals surface area (Å²) in [4.78, 5) is 28.9. The van der Waals surface area contributed by atoms with Crippen LogP contribution in [0.2, 0.25) is 0 Å². The van der Waals surface area contributed by atoms with E-state index in [1.165, 1.54) is 10.1 Å². The third kappa shape index (κ3) is 2.23. The molecule has 0 fully saturated rings. The van der Waals surface area contributed by atoms with Crippen LogP contribution in [0, 0.1) is 0 Å². The SMILES string of the molecule is CCCc1ccc(-n2c(=O)c3c[nH]c4c(n-3c2=O)CCCC4)cc1. The highest BCUT2D eigenvalue weighted by Crippen LogP contribution is 2.21. The third-order valence-corrected chi connectivity index (χ3v) is 4.87. The lowest BCUT2D eigenvalue weighted by atomic mass is 10.00. The molecule has 24 heavy (non-hydrogen) atoms. The van der Waals surface area contributed by atoms with Gasteiger partial charge in [-0.05, 0) is 49.8 Å². The van der Waals surface area contributed by atoms with Gasteiger partial charge in [0.05, 0.1) is 5.69 Å². The summed E-state index contributed by atoms with van der Waals surface area (Å²) in [5.41, 5.74) is 3.80. The van der Waals surface area contributed by atoms with Gasteiger partial charge in [0.1, 0.15) is 5.69 Å². The number of fused-ring (bicyclic) bond motifs is 3. The number of H-pyrrole nitrogens is 1. The number of hydrogen-bond acceptors (Lipinski definition) is 2. The van der Waals surface area contributed by atoms with Crippen molar-refractivity contribution in [2.24, 2.45) is 0 Å². The van der Waals surface area contributed by atoms with Gasteiger partial charge in [-0.25, -0.2) is 9.36 Å². The average Bonchev–Trinajstić information content (AvgIpc) is 2.87. The van der Waals surface area contributed by atoms with Crippen molar-refractivity contribution in [3.63, 3.8) is 0 Å². The molecule has 1 aromatic carbocycles. The zero-order chi connectivity index (χ0) is 16.7. The van der Waals surface area contributed by atoms with Gasteiger partial charge in [-0.2, -0.15) is 0 Å². The van der Waals surface area contributed by atoms with Crippen molar-refractivity contribution in [3.05, 3.63) is 68.3 Å². The van der Waals surface area contributed by atoms with E-state index in [0.717, 1.165) is 49.9 Å². The maximum Gasteiger partial charge on any atom is 0.340 e. The summed E-state index contributed by atoms with van der Waals surface area (Å²) in [6, 6.07) is 7.72. The summed E-state index contributed by atoms with van der Waals surface area (Å²) in [7, 11) is 0. The fourth-order valence-electron chi connectivity index (χ4n) is 3.66. The molecule has 0 saturated carbocycles. The van der Waals surface area contributed by atoms with E-state index in [1.807, 2.05) is 24.3 Å². The third-order valence-electron chi connectivity index (χ3n) is 4.87. The Morgan fingerprint density at radius 2 is 1.79 bits per heavy atom. The molecular weight excluding hydrogens is 302 g/mol. The first-order valence-electron chi connectivity index (χ1n) is 8.67. The lowest BCUT2D eigenvalue weighted by Gasteiger charge is -2.18. The Labute approximate surface area is 139 Å². The molecule has 0 bridgehead atoms. The molecule has 0 radical (unpaired) electrons. The normalized spacial score (nSPS) is 14.0. The molecule has 2 heterocycles. The Hall–Kier alpha value is -2.56. The Morgan fingerprint density at radius 3 is 2.54 bits per heavy atom. The molecule has 2 aliphatic heterocycles. The Bertz CT molecular complexity index is 960. The largest absolute Gasteiger partial charge is 0.362 e. The second-order valence-corrected chi connectivity index (χ2v) is 6.48. The van der Waals surface area contributed by atoms with E-state index in [1.54, 1.807) is 10.8 Å². The Kier molecular flexibility index (Phi) is 3.63. The molecule has 5 nitrogen and oxygen atoms in total. The predicted molar refractivity (Wildman–Crippen MR) is 93.8 cm³/mol. The van der Waals surface area contributed by atoms with Crippen LogP contribution in [0.1, 0.15) is 43.1 Å². The fraction of sp³-hybridized carbons (Fsp3) is 0.368. The second kappa shape index (κ2) is 5.82. The summed E-state index contributed by atoms with van der Waals surface area (Å²) in [5, 5.41) is 0. The summed E-state index contributed by atoms with van der Waals surface area (Å²) in [6.45, 7) is 2.13. The van der Waals surface area contributed by atoms with Crippen LogP contribution in [-0.2, 0) is 19.3 Å². The second-order valence-electron chi connectivity index (χ2n) is 6.48. The first-order chi connectivity index (χ1) is 11.7. The highest BCUT2D eigenvalue weighted by molar-refractivity contribution is 5.42. The van der Waals surface area contributed by atoms with Crippen molar-refractivity contribution in [3.8, 4) is 11.4 Å². The van der Waals surface area contributed by atoms with Gasteiger partial charge in [-0.3, -0.25) is 9.36 Å². The lowest BCUT2D eigenvalue weighted by molar-refractivity contribution is 0.625. The van der Waals surface area contributed by atoms with Crippen LogP contribution in [0.25, 0.3) is 11.4 Å². The summed E-state index contributed by atoms with van der Waals surface area (Å²) in [6.07, 6.45) is 7.69. The molecule has 3 aliphatic rings. The van der Waals surface area contributed by atoms with E-state index in [-0.39, 0.29) is 11.2 Å². The van der Waals surface area contributed by atoms with Crippen LogP contribution in [0.5, 0.6) is 0 Å². The van der Waals surface area contributed by atoms with E-state index in [0.29, 0.717) is 11.4 Å². The smallest absolute Gasteiger partial charge is 0.340 e. The number of aromatic nitrogens is 3. The topological polar surface area (TPSA) is 59.8 Å². The minimum Gasteiger partial charge on any atom is -0.362 e. The van der Waals surface area contributed by atoms with E-state index >= 15 is 0 Å². The van der Waals surface area contributed by atoms with E-state index in [4.69, 9.17) is 0 Å². The molecule has 0 atom stereocenters. The highest BCUT2D eigenvalue weighted by Gasteiger charge is 2.24. The first kappa shape index (κ1) is 15.0. The van der Waals surface area contributed by atoms with Gasteiger partial charge in [0.2, 0.25) is 0 Å². The lowest BCUT2D eigenvalue weighted by Crippen LogP contribution is -2.27. The molecule has 1 aromatic rings. The molecular formula is C19H21N3O2. The number of imidazole rings is 1. The molecule has 5 heteroatoms. The maximum atomic E-state index is 12.9. The van der Waals surface area contributed by atoms with Crippen molar-refractivity contribution in [1.29, 1.82) is 0 Å². The van der Waals surface area contributed by atoms with Crippen molar-refractivity contribution in [1.82, 2.24) is 14.1 Å². The van der Waals surface area contributed by atoms with Crippen LogP contribution >= 0.6 is 0 Å². The number of rotatable bonds is 3. The number of hydrogen-bond donors (Lipinski definition) is 1. The van der Waals surface area contributed by atoms with Gasteiger partial charge in [0, 0.05) is 17.6 Å². The quantitative estimate of drug-likeness (QED) is 0.805. The number of benzene rings is 1. The van der Waals surface area contributed by atoms with Crippen molar-refractivity contribution in [2.45, 2.75) is 45.4 Å². The van der Waals surface area contributed by atoms with E-state index in [2.05, 4.69) is 11.9 Å². The van der Waals surface area contributed by atoms with Gasteiger partial charge in [-0.15, -0.1) is 0 Å². The van der Waals surface area contributed by atoms with Crippen molar-refractivity contribution in [2.75, 3.05) is 0 Å². The standard InChI is InChI=1S/C19H21N3O2/c1-2-5-13-8-10-14(11-9-13)21-18(23)17-12-20-15-6-3-4-7-16(15)22(17)19(21)24/h8-12,20H,2-7H2,1H3. The van der Waals surface area contributed by atoms with Crippen LogP contribution in [-0.4, -0.2) is 14.1 Å². The molecule has 1 N–H and O–H groups in total. The molecule has 0 amide bonds. The number of nitrogens with zero attached hydrogens (tertiary/aromatic N) is 2. The number of nitrogens with one attached hydrogen (secondary N) is 1. The number of aryl methyl sites for hydroxylation is 2. The van der Waals surface area contributed by atoms with Crippen molar-refractivity contribution >= 4 is 0 Å². The highest BCUT2D eigenvalue weighted by atomic mass is 16.2. The average molecular weight is 323 g/mol. The zero-order valence-electron chi connectivity index (χ0n) is 13.8. The summed E-state index contributed by atoms with van der Waals surface area (Å²) >= 11 is 0. The molecule has 0 aromatic heterocycles. The van der Waals surface area contributed by atoms with Crippen LogP contribution in [0.4, 0.5) is 0 Å². The molecule has 1 aliphatic carbocycles. The van der Waals surface area contributed by atoms with Gasteiger partial charge in [0.25, 0.3) is 5.56 Å². The van der Waals surface area contributed by atoms with Gasteiger partial charge in [-0.1, -0.05) is 25.5 Å². The monoisotopic (exact) mass is 323 g/mol. The molecule has 0 saturated heterocycles. The van der Waals surface area contributed by atoms with Crippen LogP contribution in [0.3, 0.4) is 0 Å². The van der Waals surface area contributed by atoms with Crippen molar-refractivity contribution < 1.29 is 0 Å². The van der Waals surface area contributed by atoms with E-state index in [9.17, 15) is 9.59 Å². The minimum atomic E-state index is -0.259.